The number of anilines is 1. The minimum atomic E-state index is -3.90. The molecule has 0 fully saturated rings. The molecule has 0 saturated heterocycles. The number of halogens is 1. The van der Waals surface area contributed by atoms with Crippen LogP contribution >= 0.6 is 0 Å². The van der Waals surface area contributed by atoms with E-state index in [0.29, 0.717) is 17.9 Å². The van der Waals surface area contributed by atoms with Crippen molar-refractivity contribution in [3.05, 3.63) is 89.7 Å². The molecule has 0 saturated carbocycles. The maximum Gasteiger partial charge on any atom is 0.258 e. The molecule has 0 aliphatic carbocycles. The van der Waals surface area contributed by atoms with Gasteiger partial charge in [0.25, 0.3) is 5.91 Å². The molecule has 3 rings (SSSR count). The van der Waals surface area contributed by atoms with Gasteiger partial charge in [-0.05, 0) is 54.4 Å². The summed E-state index contributed by atoms with van der Waals surface area (Å²) in [6.45, 7) is 0.178. The second-order valence-electron chi connectivity index (χ2n) is 6.46. The average Bonchev–Trinajstić information content (AvgIpc) is 2.75. The van der Waals surface area contributed by atoms with Crippen molar-refractivity contribution < 1.29 is 22.3 Å². The lowest BCUT2D eigenvalue weighted by Crippen LogP contribution is -2.26. The first-order valence-electron chi connectivity index (χ1n) is 9.17. The third-order valence-electron chi connectivity index (χ3n) is 4.39. The second kappa shape index (κ2) is 9.51. The molecule has 30 heavy (non-hydrogen) atoms. The van der Waals surface area contributed by atoms with Crippen molar-refractivity contribution in [3.63, 3.8) is 0 Å². The molecule has 2 N–H and O–H groups in total. The minimum absolute atomic E-state index is 0.178. The van der Waals surface area contributed by atoms with Gasteiger partial charge in [-0.3, -0.25) is 4.79 Å². The van der Waals surface area contributed by atoms with Gasteiger partial charge in [0.2, 0.25) is 10.0 Å². The topological polar surface area (TPSA) is 84.5 Å². The number of methoxy groups -OCH3 is 1. The van der Waals surface area contributed by atoms with Crippen LogP contribution < -0.4 is 14.8 Å². The highest BCUT2D eigenvalue weighted by atomic mass is 32.2. The summed E-state index contributed by atoms with van der Waals surface area (Å²) in [6.07, 6.45) is 0.506. The molecule has 0 bridgehead atoms. The van der Waals surface area contributed by atoms with Crippen LogP contribution in [-0.2, 0) is 16.4 Å². The zero-order valence-electron chi connectivity index (χ0n) is 16.3. The maximum absolute atomic E-state index is 14.2. The van der Waals surface area contributed by atoms with Gasteiger partial charge in [0.15, 0.2) is 0 Å². The predicted octanol–water partition coefficient (Wildman–Crippen LogP) is 3.61. The van der Waals surface area contributed by atoms with Crippen molar-refractivity contribution >= 4 is 21.6 Å². The first-order chi connectivity index (χ1) is 14.4. The molecule has 0 radical (unpaired) electrons. The van der Waals surface area contributed by atoms with Crippen LogP contribution in [0.15, 0.2) is 77.7 Å². The number of hydrogen-bond acceptors (Lipinski definition) is 4. The maximum atomic E-state index is 14.2. The van der Waals surface area contributed by atoms with Crippen molar-refractivity contribution in [3.8, 4) is 5.75 Å². The Bertz CT molecular complexity index is 1120. The normalized spacial score (nSPS) is 11.1. The number of rotatable bonds is 8. The lowest BCUT2D eigenvalue weighted by Gasteiger charge is -2.10. The van der Waals surface area contributed by atoms with Crippen LogP contribution in [0.1, 0.15) is 15.9 Å². The van der Waals surface area contributed by atoms with Gasteiger partial charge in [0, 0.05) is 12.2 Å². The van der Waals surface area contributed by atoms with Gasteiger partial charge in [0.1, 0.15) is 11.6 Å². The summed E-state index contributed by atoms with van der Waals surface area (Å²) < 4.78 is 46.8. The lowest BCUT2D eigenvalue weighted by atomic mass is 10.2. The van der Waals surface area contributed by atoms with Crippen molar-refractivity contribution in [2.24, 2.45) is 0 Å². The molecule has 156 valence electrons. The molecule has 6 nitrogen and oxygen atoms in total. The fourth-order valence-corrected chi connectivity index (χ4v) is 3.83. The van der Waals surface area contributed by atoms with Gasteiger partial charge in [-0.1, -0.05) is 30.3 Å². The first kappa shape index (κ1) is 21.5. The van der Waals surface area contributed by atoms with E-state index in [1.54, 1.807) is 24.3 Å². The zero-order valence-corrected chi connectivity index (χ0v) is 17.1. The van der Waals surface area contributed by atoms with Crippen LogP contribution in [0.4, 0.5) is 10.1 Å². The number of benzene rings is 3. The largest absolute Gasteiger partial charge is 0.497 e. The Morgan fingerprint density at radius 3 is 2.37 bits per heavy atom. The van der Waals surface area contributed by atoms with Crippen LogP contribution in [0, 0.1) is 5.82 Å². The quantitative estimate of drug-likeness (QED) is 0.574. The number of nitrogens with one attached hydrogen (secondary N) is 2. The van der Waals surface area contributed by atoms with E-state index in [2.05, 4.69) is 10.0 Å². The smallest absolute Gasteiger partial charge is 0.258 e. The highest BCUT2D eigenvalue weighted by molar-refractivity contribution is 7.89. The molecule has 3 aromatic carbocycles. The highest BCUT2D eigenvalue weighted by Crippen LogP contribution is 2.19. The average molecular weight is 428 g/mol. The summed E-state index contributed by atoms with van der Waals surface area (Å²) in [7, 11) is -2.38. The number of amides is 1. The lowest BCUT2D eigenvalue weighted by molar-refractivity contribution is 0.102. The van der Waals surface area contributed by atoms with Gasteiger partial charge in [-0.2, -0.15) is 0 Å². The van der Waals surface area contributed by atoms with E-state index in [9.17, 15) is 17.6 Å². The Morgan fingerprint density at radius 2 is 1.70 bits per heavy atom. The van der Waals surface area contributed by atoms with Crippen molar-refractivity contribution in [2.75, 3.05) is 19.0 Å². The van der Waals surface area contributed by atoms with Gasteiger partial charge in [-0.25, -0.2) is 17.5 Å². The van der Waals surface area contributed by atoms with Crippen LogP contribution in [0.2, 0.25) is 0 Å². The molecule has 1 amide bonds. The SMILES string of the molecule is COc1ccc(NC(=O)c2cc(S(=O)(=O)NCCc3ccccc3)ccc2F)cc1. The molecule has 0 aromatic heterocycles. The molecule has 8 heteroatoms. The Kier molecular flexibility index (Phi) is 6.81. The van der Waals surface area contributed by atoms with E-state index < -0.39 is 21.7 Å². The summed E-state index contributed by atoms with van der Waals surface area (Å²) >= 11 is 0. The van der Waals surface area contributed by atoms with Crippen LogP contribution in [-0.4, -0.2) is 28.0 Å². The Balaban J connectivity index is 1.71. The Hall–Kier alpha value is -3.23. The van der Waals surface area contributed by atoms with E-state index in [1.165, 1.54) is 7.11 Å². The Labute approximate surface area is 174 Å². The van der Waals surface area contributed by atoms with Crippen LogP contribution in [0.3, 0.4) is 0 Å². The van der Waals surface area contributed by atoms with E-state index in [4.69, 9.17) is 4.74 Å². The van der Waals surface area contributed by atoms with E-state index in [-0.39, 0.29) is 17.0 Å². The molecule has 0 heterocycles. The van der Waals surface area contributed by atoms with E-state index in [0.717, 1.165) is 23.8 Å². The fourth-order valence-electron chi connectivity index (χ4n) is 2.78. The number of ether oxygens (including phenoxy) is 1. The molecular formula is C22H21FN2O4S. The molecule has 0 aliphatic heterocycles. The van der Waals surface area contributed by atoms with Crippen molar-refractivity contribution in [1.29, 1.82) is 0 Å². The van der Waals surface area contributed by atoms with Crippen molar-refractivity contribution in [1.82, 2.24) is 4.72 Å². The Morgan fingerprint density at radius 1 is 1.00 bits per heavy atom. The van der Waals surface area contributed by atoms with E-state index >= 15 is 0 Å². The zero-order chi connectivity index (χ0) is 21.6. The predicted molar refractivity (Wildman–Crippen MR) is 113 cm³/mol. The van der Waals surface area contributed by atoms with E-state index in [1.807, 2.05) is 30.3 Å². The molecule has 0 unspecified atom stereocenters. The summed E-state index contributed by atoms with van der Waals surface area (Å²) in [5.74, 6) is -0.961. The monoisotopic (exact) mass is 428 g/mol. The number of hydrogen-bond donors (Lipinski definition) is 2. The molecule has 0 spiro atoms. The van der Waals surface area contributed by atoms with Crippen LogP contribution in [0.25, 0.3) is 0 Å². The summed E-state index contributed by atoms with van der Waals surface area (Å²) in [4.78, 5) is 12.3. The summed E-state index contributed by atoms with van der Waals surface area (Å²) in [6, 6.07) is 19.0. The second-order valence-corrected chi connectivity index (χ2v) is 8.22. The molecule has 0 atom stereocenters. The highest BCUT2D eigenvalue weighted by Gasteiger charge is 2.19. The van der Waals surface area contributed by atoms with Gasteiger partial charge >= 0.3 is 0 Å². The van der Waals surface area contributed by atoms with Crippen molar-refractivity contribution in [2.45, 2.75) is 11.3 Å². The summed E-state index contributed by atoms with van der Waals surface area (Å²) in [5.41, 5.74) is 1.05. The third kappa shape index (κ3) is 5.43. The number of carbonyl (C=O) groups excluding carboxylic acids is 1. The van der Waals surface area contributed by atoms with Gasteiger partial charge < -0.3 is 10.1 Å². The number of carbonyl (C=O) groups is 1. The molecule has 3 aromatic rings. The molecule has 0 aliphatic rings. The summed E-state index contributed by atoms with van der Waals surface area (Å²) in [5, 5.41) is 2.54. The standard InChI is InChI=1S/C22H21FN2O4S/c1-29-18-9-7-17(8-10-18)25-22(26)20-15-19(11-12-21(20)23)30(27,28)24-14-13-16-5-3-2-4-6-16/h2-12,15,24H,13-14H2,1H3,(H,25,26). The molecular weight excluding hydrogens is 407 g/mol. The van der Waals surface area contributed by atoms with Gasteiger partial charge in [0.05, 0.1) is 17.6 Å². The van der Waals surface area contributed by atoms with Crippen LogP contribution in [0.5, 0.6) is 5.75 Å². The van der Waals surface area contributed by atoms with Gasteiger partial charge in [-0.15, -0.1) is 0 Å². The fraction of sp³-hybridized carbons (Fsp3) is 0.136. The first-order valence-corrected chi connectivity index (χ1v) is 10.7. The number of sulfonamides is 1. The third-order valence-corrected chi connectivity index (χ3v) is 5.85. The minimum Gasteiger partial charge on any atom is -0.497 e.